The molecule has 2 fully saturated rings. The molecule has 0 amide bonds. The highest BCUT2D eigenvalue weighted by Crippen LogP contribution is 2.51. The average Bonchev–Trinajstić information content (AvgIpc) is 3.43. The normalized spacial score (nSPS) is 21.3. The Hall–Kier alpha value is -4.69. The minimum Gasteiger partial charge on any atom is -0.462 e. The molecule has 2 aliphatic rings. The summed E-state index contributed by atoms with van der Waals surface area (Å²) < 4.78 is 41.5. The van der Waals surface area contributed by atoms with Crippen molar-refractivity contribution >= 4 is 33.3 Å². The summed E-state index contributed by atoms with van der Waals surface area (Å²) >= 11 is 0. The number of nitro groups is 2. The summed E-state index contributed by atoms with van der Waals surface area (Å²) in [5, 5.41) is 21.9. The van der Waals surface area contributed by atoms with Gasteiger partial charge in [-0.3, -0.25) is 20.2 Å². The molecule has 47 heavy (non-hydrogen) atoms. The molecule has 0 bridgehead atoms. The number of nitro benzene ring substituents is 2. The molecule has 1 aliphatic heterocycles. The van der Waals surface area contributed by atoms with Gasteiger partial charge in [-0.1, -0.05) is 30.5 Å². The standard InChI is InChI=1S/C33H35N3O10S/c1-23-5-15-30(16-6-23)47(43,44)34-29(22-46-32(38)25-9-13-28(14-10-25)36(41)42)17-20-33(34)19-3-2-4-26(33)18-21-45-31(37)24-7-11-27(12-8-24)35(39)40/h5-16,26,29H,2-4,17-22H2,1H3/t26-,29-,33-/m0/s1. The maximum atomic E-state index is 14.4. The van der Waals surface area contributed by atoms with E-state index in [9.17, 15) is 38.2 Å². The molecule has 5 rings (SSSR count). The fourth-order valence-corrected chi connectivity index (χ4v) is 8.89. The van der Waals surface area contributed by atoms with Crippen LogP contribution in [0.1, 0.15) is 71.2 Å². The molecule has 0 N–H and O–H groups in total. The van der Waals surface area contributed by atoms with Crippen molar-refractivity contribution < 1.29 is 37.3 Å². The second-order valence-corrected chi connectivity index (χ2v) is 13.8. The number of carbonyl (C=O) groups excluding carboxylic acids is 2. The van der Waals surface area contributed by atoms with E-state index in [1.165, 1.54) is 52.8 Å². The zero-order chi connectivity index (χ0) is 33.8. The highest BCUT2D eigenvalue weighted by molar-refractivity contribution is 7.89. The molecule has 13 nitrogen and oxygen atoms in total. The van der Waals surface area contributed by atoms with Gasteiger partial charge in [0.25, 0.3) is 11.4 Å². The summed E-state index contributed by atoms with van der Waals surface area (Å²) in [4.78, 5) is 46.6. The van der Waals surface area contributed by atoms with Crippen LogP contribution in [0.25, 0.3) is 0 Å². The Morgan fingerprint density at radius 1 is 0.809 bits per heavy atom. The quantitative estimate of drug-likeness (QED) is 0.134. The number of nitrogens with zero attached hydrogens (tertiary/aromatic N) is 3. The molecule has 3 aromatic rings. The van der Waals surface area contributed by atoms with Crippen molar-refractivity contribution in [3.63, 3.8) is 0 Å². The number of esters is 2. The second-order valence-electron chi connectivity index (χ2n) is 12.0. The van der Waals surface area contributed by atoms with Gasteiger partial charge in [0.1, 0.15) is 6.61 Å². The number of carbonyl (C=O) groups is 2. The van der Waals surface area contributed by atoms with Crippen LogP contribution in [-0.2, 0) is 19.5 Å². The Labute approximate surface area is 271 Å². The molecule has 1 saturated heterocycles. The van der Waals surface area contributed by atoms with E-state index in [0.29, 0.717) is 32.1 Å². The SMILES string of the molecule is Cc1ccc(S(=O)(=O)N2[C@H](COC(=O)c3ccc([N+](=O)[O-])cc3)CC[C@]23CCCC[C@H]3CCOC(=O)c2ccc([N+](=O)[O-])cc2)cc1. The van der Waals surface area contributed by atoms with Crippen LogP contribution in [0.3, 0.4) is 0 Å². The van der Waals surface area contributed by atoms with E-state index in [-0.39, 0.29) is 46.5 Å². The average molecular weight is 666 g/mol. The zero-order valence-electron chi connectivity index (χ0n) is 25.8. The van der Waals surface area contributed by atoms with E-state index in [0.717, 1.165) is 18.4 Å². The Morgan fingerprint density at radius 3 is 1.91 bits per heavy atom. The van der Waals surface area contributed by atoms with Gasteiger partial charge in [-0.2, -0.15) is 4.31 Å². The molecular formula is C33H35N3O10S. The fourth-order valence-electron chi connectivity index (χ4n) is 6.82. The molecule has 0 aromatic heterocycles. The van der Waals surface area contributed by atoms with E-state index in [2.05, 4.69) is 0 Å². The summed E-state index contributed by atoms with van der Waals surface area (Å²) in [6, 6.07) is 16.1. The van der Waals surface area contributed by atoms with Crippen LogP contribution in [0, 0.1) is 33.1 Å². The third-order valence-electron chi connectivity index (χ3n) is 9.16. The number of hydrogen-bond donors (Lipinski definition) is 0. The van der Waals surface area contributed by atoms with Crippen molar-refractivity contribution in [2.24, 2.45) is 5.92 Å². The van der Waals surface area contributed by atoms with Crippen molar-refractivity contribution in [1.29, 1.82) is 0 Å². The van der Waals surface area contributed by atoms with E-state index in [1.54, 1.807) is 24.3 Å². The van der Waals surface area contributed by atoms with E-state index < -0.39 is 43.4 Å². The molecule has 0 unspecified atom stereocenters. The van der Waals surface area contributed by atoms with Gasteiger partial charge < -0.3 is 9.47 Å². The van der Waals surface area contributed by atoms with Crippen LogP contribution in [-0.4, -0.2) is 59.3 Å². The highest BCUT2D eigenvalue weighted by atomic mass is 32.2. The van der Waals surface area contributed by atoms with Crippen LogP contribution in [0.2, 0.25) is 0 Å². The topological polar surface area (TPSA) is 176 Å². The lowest BCUT2D eigenvalue weighted by molar-refractivity contribution is -0.385. The van der Waals surface area contributed by atoms with Crippen LogP contribution in [0.5, 0.6) is 0 Å². The fraction of sp³-hybridized carbons (Fsp3) is 0.394. The van der Waals surface area contributed by atoms with Crippen LogP contribution in [0.15, 0.2) is 77.7 Å². The first-order valence-electron chi connectivity index (χ1n) is 15.4. The first-order valence-corrected chi connectivity index (χ1v) is 16.8. The number of ether oxygens (including phenoxy) is 2. The molecule has 1 aliphatic carbocycles. The van der Waals surface area contributed by atoms with Gasteiger partial charge >= 0.3 is 11.9 Å². The van der Waals surface area contributed by atoms with Crippen molar-refractivity contribution in [2.45, 2.75) is 68.3 Å². The molecule has 1 saturated carbocycles. The second kappa shape index (κ2) is 14.0. The zero-order valence-corrected chi connectivity index (χ0v) is 26.6. The predicted octanol–water partition coefficient (Wildman–Crippen LogP) is 6.00. The molecule has 248 valence electrons. The first-order chi connectivity index (χ1) is 22.4. The van der Waals surface area contributed by atoms with Crippen LogP contribution in [0.4, 0.5) is 11.4 Å². The van der Waals surface area contributed by atoms with Crippen LogP contribution < -0.4 is 0 Å². The van der Waals surface area contributed by atoms with Crippen molar-refractivity contribution in [1.82, 2.24) is 4.31 Å². The van der Waals surface area contributed by atoms with Crippen molar-refractivity contribution in [2.75, 3.05) is 13.2 Å². The summed E-state index contributed by atoms with van der Waals surface area (Å²) in [7, 11) is -4.06. The van der Waals surface area contributed by atoms with Gasteiger partial charge in [0.05, 0.1) is 38.5 Å². The highest BCUT2D eigenvalue weighted by Gasteiger charge is 2.57. The first kappa shape index (κ1) is 33.7. The third kappa shape index (κ3) is 7.18. The van der Waals surface area contributed by atoms with Crippen molar-refractivity contribution in [3.05, 3.63) is 110 Å². The Bertz CT molecular complexity index is 1740. The lowest BCUT2D eigenvalue weighted by Crippen LogP contribution is -2.57. The van der Waals surface area contributed by atoms with E-state index in [1.807, 2.05) is 6.92 Å². The Morgan fingerprint density at radius 2 is 1.36 bits per heavy atom. The number of rotatable bonds is 11. The molecule has 3 atom stereocenters. The number of hydrogen-bond acceptors (Lipinski definition) is 10. The van der Waals surface area contributed by atoms with Crippen LogP contribution >= 0.6 is 0 Å². The summed E-state index contributed by atoms with van der Waals surface area (Å²) in [5.41, 5.74) is 0.0757. The number of sulfonamides is 1. The van der Waals surface area contributed by atoms with Gasteiger partial charge in [0.2, 0.25) is 10.0 Å². The van der Waals surface area contributed by atoms with Crippen molar-refractivity contribution in [3.8, 4) is 0 Å². The number of benzene rings is 3. The minimum absolute atomic E-state index is 0.0282. The molecule has 1 heterocycles. The predicted molar refractivity (Wildman–Crippen MR) is 169 cm³/mol. The summed E-state index contributed by atoms with van der Waals surface area (Å²) in [5.74, 6) is -1.50. The third-order valence-corrected chi connectivity index (χ3v) is 11.2. The summed E-state index contributed by atoms with van der Waals surface area (Å²) in [6.07, 6.45) is 4.34. The largest absolute Gasteiger partial charge is 0.462 e. The maximum absolute atomic E-state index is 14.4. The van der Waals surface area contributed by atoms with Gasteiger partial charge in [-0.15, -0.1) is 0 Å². The number of non-ortho nitro benzene ring substituents is 2. The molecule has 1 spiro atoms. The van der Waals surface area contributed by atoms with E-state index in [4.69, 9.17) is 9.47 Å². The molecular weight excluding hydrogens is 630 g/mol. The smallest absolute Gasteiger partial charge is 0.338 e. The monoisotopic (exact) mass is 665 g/mol. The molecule has 14 heteroatoms. The molecule has 3 aromatic carbocycles. The Balaban J connectivity index is 1.36. The van der Waals surface area contributed by atoms with E-state index >= 15 is 0 Å². The minimum atomic E-state index is -4.06. The number of aryl methyl sites for hydroxylation is 1. The maximum Gasteiger partial charge on any atom is 0.338 e. The van der Waals surface area contributed by atoms with Gasteiger partial charge in [0, 0.05) is 29.8 Å². The Kier molecular flexibility index (Phi) is 10.0. The van der Waals surface area contributed by atoms with Gasteiger partial charge in [-0.25, -0.2) is 18.0 Å². The van der Waals surface area contributed by atoms with Gasteiger partial charge in [0.15, 0.2) is 0 Å². The summed E-state index contributed by atoms with van der Waals surface area (Å²) in [6.45, 7) is 1.69. The molecule has 0 radical (unpaired) electrons. The lowest BCUT2D eigenvalue weighted by Gasteiger charge is -2.48. The van der Waals surface area contributed by atoms with Gasteiger partial charge in [-0.05, 0) is 81.3 Å². The lowest BCUT2D eigenvalue weighted by atomic mass is 9.70.